The SMILES string of the molecule is Cn1c(=O)c2ccccc2n(Cc2ccc(-c3ccccc3-c3nnnn3C(c3ccccc3)(c3ccccc3)c3ccccc3)cc2)c1=O. The van der Waals surface area contributed by atoms with Gasteiger partial charge >= 0.3 is 5.69 Å². The number of hydrogen-bond donors (Lipinski definition) is 0. The van der Waals surface area contributed by atoms with Crippen molar-refractivity contribution in [2.45, 2.75) is 12.1 Å². The van der Waals surface area contributed by atoms with Gasteiger partial charge < -0.3 is 0 Å². The Balaban J connectivity index is 1.26. The third-order valence-electron chi connectivity index (χ3n) is 9.38. The third-order valence-corrected chi connectivity index (χ3v) is 9.38. The van der Waals surface area contributed by atoms with Crippen LogP contribution in [0.5, 0.6) is 0 Å². The van der Waals surface area contributed by atoms with Crippen LogP contribution in [0.4, 0.5) is 0 Å². The van der Waals surface area contributed by atoms with Crippen LogP contribution in [0.2, 0.25) is 0 Å². The van der Waals surface area contributed by atoms with Crippen LogP contribution < -0.4 is 11.2 Å². The van der Waals surface area contributed by atoms with Crippen LogP contribution in [0.25, 0.3) is 33.4 Å². The molecule has 0 spiro atoms. The van der Waals surface area contributed by atoms with E-state index in [1.807, 2.05) is 108 Å². The fourth-order valence-corrected chi connectivity index (χ4v) is 6.98. The van der Waals surface area contributed by atoms with Gasteiger partial charge in [-0.15, -0.1) is 5.10 Å². The summed E-state index contributed by atoms with van der Waals surface area (Å²) in [5, 5.41) is 14.2. The lowest BCUT2D eigenvalue weighted by atomic mass is 9.77. The molecule has 8 rings (SSSR count). The molecule has 0 aliphatic rings. The smallest absolute Gasteiger partial charge is 0.289 e. The molecule has 0 saturated heterocycles. The minimum Gasteiger partial charge on any atom is -0.289 e. The second-order valence-corrected chi connectivity index (χ2v) is 12.2. The summed E-state index contributed by atoms with van der Waals surface area (Å²) in [6.45, 7) is 0.321. The zero-order chi connectivity index (χ0) is 34.1. The van der Waals surface area contributed by atoms with Crippen LogP contribution in [0.15, 0.2) is 173 Å². The van der Waals surface area contributed by atoms with Crippen LogP contribution in [0, 0.1) is 0 Å². The van der Waals surface area contributed by atoms with Crippen molar-refractivity contribution in [3.63, 3.8) is 0 Å². The lowest BCUT2D eigenvalue weighted by molar-refractivity contribution is 0.451. The fraction of sp³-hybridized carbons (Fsp3) is 0.0714. The molecule has 8 aromatic rings. The minimum absolute atomic E-state index is 0.299. The Morgan fingerprint density at radius 2 is 1.10 bits per heavy atom. The molecule has 0 aliphatic carbocycles. The molecular formula is C42H32N6O2. The molecule has 50 heavy (non-hydrogen) atoms. The summed E-state index contributed by atoms with van der Waals surface area (Å²) in [6.07, 6.45) is 0. The van der Waals surface area contributed by atoms with Gasteiger partial charge in [-0.3, -0.25) is 13.9 Å². The summed E-state index contributed by atoms with van der Waals surface area (Å²) in [7, 11) is 1.52. The monoisotopic (exact) mass is 652 g/mol. The molecule has 0 amide bonds. The maximum absolute atomic E-state index is 13.2. The molecule has 0 N–H and O–H groups in total. The van der Waals surface area contributed by atoms with Gasteiger partial charge in [0.25, 0.3) is 5.56 Å². The Labute approximate surface area is 288 Å². The second-order valence-electron chi connectivity index (χ2n) is 12.2. The van der Waals surface area contributed by atoms with Crippen molar-refractivity contribution in [3.8, 4) is 22.5 Å². The van der Waals surface area contributed by atoms with E-state index in [0.717, 1.165) is 43.5 Å². The minimum atomic E-state index is -0.884. The lowest BCUT2D eigenvalue weighted by Gasteiger charge is -2.36. The van der Waals surface area contributed by atoms with E-state index in [2.05, 4.69) is 64.9 Å². The van der Waals surface area contributed by atoms with E-state index < -0.39 is 5.54 Å². The first-order valence-electron chi connectivity index (χ1n) is 16.4. The normalized spacial score (nSPS) is 11.5. The summed E-state index contributed by atoms with van der Waals surface area (Å²) in [4.78, 5) is 25.9. The van der Waals surface area contributed by atoms with Gasteiger partial charge in [-0.1, -0.05) is 152 Å². The summed E-state index contributed by atoms with van der Waals surface area (Å²) in [5.41, 5.74) is 5.88. The number of tetrazole rings is 1. The molecule has 0 radical (unpaired) electrons. The van der Waals surface area contributed by atoms with Gasteiger partial charge in [0, 0.05) is 12.6 Å². The Morgan fingerprint density at radius 3 is 1.70 bits per heavy atom. The summed E-state index contributed by atoms with van der Waals surface area (Å²) >= 11 is 0. The van der Waals surface area contributed by atoms with Crippen LogP contribution in [0.1, 0.15) is 22.3 Å². The predicted octanol–water partition coefficient (Wildman–Crippen LogP) is 6.91. The summed E-state index contributed by atoms with van der Waals surface area (Å²) in [6, 6.07) is 54.5. The van der Waals surface area contributed by atoms with Crippen molar-refractivity contribution in [1.29, 1.82) is 0 Å². The lowest BCUT2D eigenvalue weighted by Crippen LogP contribution is -2.39. The van der Waals surface area contributed by atoms with Gasteiger partial charge in [0.05, 0.1) is 17.4 Å². The van der Waals surface area contributed by atoms with Crippen molar-refractivity contribution in [2.24, 2.45) is 7.05 Å². The number of aromatic nitrogens is 6. The van der Waals surface area contributed by atoms with Crippen LogP contribution >= 0.6 is 0 Å². The highest BCUT2D eigenvalue weighted by molar-refractivity contribution is 5.81. The predicted molar refractivity (Wildman–Crippen MR) is 196 cm³/mol. The van der Waals surface area contributed by atoms with Gasteiger partial charge in [0.1, 0.15) is 5.54 Å². The van der Waals surface area contributed by atoms with Crippen LogP contribution in [0.3, 0.4) is 0 Å². The van der Waals surface area contributed by atoms with Crippen LogP contribution in [-0.2, 0) is 19.1 Å². The van der Waals surface area contributed by atoms with E-state index in [9.17, 15) is 9.59 Å². The number of rotatable bonds is 8. The Hall–Kier alpha value is -6.67. The molecule has 8 nitrogen and oxygen atoms in total. The van der Waals surface area contributed by atoms with E-state index in [4.69, 9.17) is 5.21 Å². The molecule has 0 atom stereocenters. The van der Waals surface area contributed by atoms with Gasteiger partial charge in [0.2, 0.25) is 0 Å². The zero-order valence-electron chi connectivity index (χ0n) is 27.3. The molecule has 6 aromatic carbocycles. The largest absolute Gasteiger partial charge is 0.331 e. The first-order chi connectivity index (χ1) is 24.6. The van der Waals surface area contributed by atoms with E-state index in [-0.39, 0.29) is 11.2 Å². The molecule has 8 heteroatoms. The molecular weight excluding hydrogens is 621 g/mol. The highest BCUT2D eigenvalue weighted by Gasteiger charge is 2.42. The topological polar surface area (TPSA) is 87.6 Å². The highest BCUT2D eigenvalue weighted by Crippen LogP contribution is 2.43. The number of hydrogen-bond acceptors (Lipinski definition) is 5. The molecule has 2 heterocycles. The van der Waals surface area contributed by atoms with Crippen molar-refractivity contribution in [1.82, 2.24) is 29.3 Å². The zero-order valence-corrected chi connectivity index (χ0v) is 27.3. The van der Waals surface area contributed by atoms with Crippen molar-refractivity contribution in [3.05, 3.63) is 207 Å². The molecule has 0 aliphatic heterocycles. The molecule has 0 unspecified atom stereocenters. The van der Waals surface area contributed by atoms with E-state index in [1.165, 1.54) is 7.05 Å². The van der Waals surface area contributed by atoms with E-state index >= 15 is 0 Å². The Bertz CT molecular complexity index is 2460. The summed E-state index contributed by atoms with van der Waals surface area (Å²) in [5.74, 6) is 0.615. The number of para-hydroxylation sites is 1. The standard InChI is InChI=1S/C42H32N6O2/c1-46-40(49)37-23-13-14-24-38(37)47(41(46)50)29-30-25-27-31(28-26-30)35-21-11-12-22-36(35)39-43-44-45-48(39)42(32-15-5-2-6-16-32,33-17-7-3-8-18-33)34-19-9-4-10-20-34/h2-28H,29H2,1H3. The van der Waals surface area contributed by atoms with Gasteiger partial charge in [-0.05, 0) is 55.9 Å². The third kappa shape index (κ3) is 5.05. The molecule has 0 fully saturated rings. The van der Waals surface area contributed by atoms with Crippen LogP contribution in [-0.4, -0.2) is 29.3 Å². The van der Waals surface area contributed by atoms with Crippen molar-refractivity contribution in [2.75, 3.05) is 0 Å². The Morgan fingerprint density at radius 1 is 0.580 bits per heavy atom. The molecule has 0 bridgehead atoms. The van der Waals surface area contributed by atoms with E-state index in [1.54, 1.807) is 10.6 Å². The molecule has 242 valence electrons. The second kappa shape index (κ2) is 12.7. The number of fused-ring (bicyclic) bond motifs is 1. The average molecular weight is 653 g/mol. The van der Waals surface area contributed by atoms with Crippen molar-refractivity contribution < 1.29 is 0 Å². The van der Waals surface area contributed by atoms with Gasteiger partial charge in [-0.2, -0.15) is 0 Å². The first-order valence-corrected chi connectivity index (χ1v) is 16.4. The van der Waals surface area contributed by atoms with E-state index in [0.29, 0.717) is 23.3 Å². The maximum Gasteiger partial charge on any atom is 0.331 e. The van der Waals surface area contributed by atoms with Crippen molar-refractivity contribution >= 4 is 10.9 Å². The highest BCUT2D eigenvalue weighted by atomic mass is 16.2. The maximum atomic E-state index is 13.2. The first kappa shape index (κ1) is 30.7. The molecule has 0 saturated carbocycles. The number of nitrogens with zero attached hydrogens (tertiary/aromatic N) is 6. The fourth-order valence-electron chi connectivity index (χ4n) is 6.98. The molecule has 2 aromatic heterocycles. The quantitative estimate of drug-likeness (QED) is 0.167. The average Bonchev–Trinajstić information content (AvgIpc) is 3.68. The van der Waals surface area contributed by atoms with Gasteiger partial charge in [-0.25, -0.2) is 9.48 Å². The summed E-state index contributed by atoms with van der Waals surface area (Å²) < 4.78 is 4.75. The van der Waals surface area contributed by atoms with Gasteiger partial charge in [0.15, 0.2) is 5.82 Å². The Kier molecular flexibility index (Phi) is 7.81. The number of benzene rings is 6.